The van der Waals surface area contributed by atoms with Crippen molar-refractivity contribution in [2.75, 3.05) is 6.54 Å². The molecule has 0 aliphatic heterocycles. The Kier molecular flexibility index (Phi) is 13.1. The van der Waals surface area contributed by atoms with Gasteiger partial charge in [-0.2, -0.15) is 0 Å². The minimum Gasteiger partial charge on any atom is -0.481 e. The highest BCUT2D eigenvalue weighted by molar-refractivity contribution is 5.78. The molecule has 0 saturated carbocycles. The highest BCUT2D eigenvalue weighted by Crippen LogP contribution is 2.06. The number of hydrogen-bond donors (Lipinski definition) is 4. The number of rotatable bonds is 15. The Morgan fingerprint density at radius 1 is 1.11 bits per heavy atom. The van der Waals surface area contributed by atoms with Gasteiger partial charge in [-0.25, -0.2) is 9.59 Å². The van der Waals surface area contributed by atoms with Gasteiger partial charge in [0.2, 0.25) is 12.0 Å². The SMILES string of the molecule is C#CCCC(=O)NCCCC[C@H](NC(=O)O[C@@H](CCC(=O)O)C(=O)O)OC=O. The number of hydrogen-bond acceptors (Lipinski definition) is 7. The number of carbonyl (C=O) groups is 5. The fourth-order valence-electron chi connectivity index (χ4n) is 1.98. The van der Waals surface area contributed by atoms with Crippen molar-refractivity contribution in [3.63, 3.8) is 0 Å². The van der Waals surface area contributed by atoms with E-state index in [2.05, 4.69) is 21.3 Å². The lowest BCUT2D eigenvalue weighted by atomic mass is 10.2. The van der Waals surface area contributed by atoms with Gasteiger partial charge in [0.1, 0.15) is 0 Å². The highest BCUT2D eigenvalue weighted by atomic mass is 16.6. The number of aliphatic carboxylic acids is 2. The van der Waals surface area contributed by atoms with Crippen LogP contribution in [0, 0.1) is 12.3 Å². The first kappa shape index (κ1) is 24.7. The molecule has 0 spiro atoms. The smallest absolute Gasteiger partial charge is 0.410 e. The van der Waals surface area contributed by atoms with Crippen LogP contribution in [-0.2, 0) is 28.7 Å². The molecule has 0 unspecified atom stereocenters. The predicted molar refractivity (Wildman–Crippen MR) is 93.8 cm³/mol. The minimum absolute atomic E-state index is 0.117. The van der Waals surface area contributed by atoms with Crippen LogP contribution in [0.1, 0.15) is 44.9 Å². The van der Waals surface area contributed by atoms with E-state index in [9.17, 15) is 24.0 Å². The van der Waals surface area contributed by atoms with Crippen LogP contribution in [0.25, 0.3) is 0 Å². The molecule has 4 N–H and O–H groups in total. The quantitative estimate of drug-likeness (QED) is 0.130. The number of amides is 2. The number of carboxylic acid groups (broad SMARTS) is 2. The Hall–Kier alpha value is -3.29. The van der Waals surface area contributed by atoms with E-state index in [1.807, 2.05) is 0 Å². The van der Waals surface area contributed by atoms with Crippen LogP contribution < -0.4 is 10.6 Å². The first-order chi connectivity index (χ1) is 13.3. The van der Waals surface area contributed by atoms with Gasteiger partial charge in [-0.15, -0.1) is 12.3 Å². The average molecular weight is 400 g/mol. The summed E-state index contributed by atoms with van der Waals surface area (Å²) in [5.41, 5.74) is 0. The second-order valence-electron chi connectivity index (χ2n) is 5.58. The first-order valence-corrected chi connectivity index (χ1v) is 8.51. The Morgan fingerprint density at radius 3 is 2.39 bits per heavy atom. The summed E-state index contributed by atoms with van der Waals surface area (Å²) < 4.78 is 9.34. The van der Waals surface area contributed by atoms with Gasteiger partial charge in [-0.1, -0.05) is 0 Å². The number of alkyl carbamates (subject to hydrolysis) is 1. The molecule has 0 aromatic carbocycles. The molecule has 28 heavy (non-hydrogen) atoms. The van der Waals surface area contributed by atoms with Gasteiger partial charge in [0, 0.05) is 38.6 Å². The normalized spacial score (nSPS) is 12.0. The summed E-state index contributed by atoms with van der Waals surface area (Å²) >= 11 is 0. The number of carbonyl (C=O) groups excluding carboxylic acids is 3. The molecule has 0 bridgehead atoms. The van der Waals surface area contributed by atoms with Gasteiger partial charge in [-0.3, -0.25) is 19.7 Å². The number of nitrogens with one attached hydrogen (secondary N) is 2. The topological polar surface area (TPSA) is 168 Å². The summed E-state index contributed by atoms with van der Waals surface area (Å²) in [7, 11) is 0. The van der Waals surface area contributed by atoms with Crippen LogP contribution in [0.3, 0.4) is 0 Å². The molecular weight excluding hydrogens is 376 g/mol. The molecule has 0 radical (unpaired) electrons. The molecule has 2 atom stereocenters. The molecule has 0 rings (SSSR count). The van der Waals surface area contributed by atoms with Gasteiger partial charge >= 0.3 is 18.0 Å². The molecule has 11 nitrogen and oxygen atoms in total. The number of terminal acetylenes is 1. The van der Waals surface area contributed by atoms with Crippen LogP contribution >= 0.6 is 0 Å². The van der Waals surface area contributed by atoms with E-state index >= 15 is 0 Å². The Morgan fingerprint density at radius 2 is 1.82 bits per heavy atom. The van der Waals surface area contributed by atoms with Gasteiger partial charge in [0.05, 0.1) is 0 Å². The Balaban J connectivity index is 4.29. The number of unbranched alkanes of at least 4 members (excludes halogenated alkanes) is 1. The van der Waals surface area contributed by atoms with Crippen molar-refractivity contribution >= 4 is 30.4 Å². The zero-order valence-corrected chi connectivity index (χ0v) is 15.2. The largest absolute Gasteiger partial charge is 0.481 e. The van der Waals surface area contributed by atoms with Crippen molar-refractivity contribution in [3.05, 3.63) is 0 Å². The molecular formula is C17H24N2O9. The van der Waals surface area contributed by atoms with Crippen LogP contribution in [0.15, 0.2) is 0 Å². The van der Waals surface area contributed by atoms with E-state index in [0.29, 0.717) is 25.8 Å². The summed E-state index contributed by atoms with van der Waals surface area (Å²) in [4.78, 5) is 55.1. The van der Waals surface area contributed by atoms with Gasteiger partial charge in [0.15, 0.2) is 6.23 Å². The zero-order valence-electron chi connectivity index (χ0n) is 15.2. The average Bonchev–Trinajstić information content (AvgIpc) is 2.62. The van der Waals surface area contributed by atoms with Crippen molar-refractivity contribution in [1.29, 1.82) is 0 Å². The Bertz CT molecular complexity index is 586. The summed E-state index contributed by atoms with van der Waals surface area (Å²) in [5.74, 6) is -0.555. The summed E-state index contributed by atoms with van der Waals surface area (Å²) in [6.45, 7) is 0.490. The third-order valence-electron chi connectivity index (χ3n) is 3.36. The van der Waals surface area contributed by atoms with E-state index in [1.165, 1.54) is 0 Å². The molecule has 2 amide bonds. The van der Waals surface area contributed by atoms with E-state index < -0.39 is 43.2 Å². The maximum Gasteiger partial charge on any atom is 0.410 e. The van der Waals surface area contributed by atoms with Crippen molar-refractivity contribution in [2.24, 2.45) is 0 Å². The lowest BCUT2D eigenvalue weighted by Crippen LogP contribution is -2.40. The highest BCUT2D eigenvalue weighted by Gasteiger charge is 2.24. The second-order valence-corrected chi connectivity index (χ2v) is 5.58. The van der Waals surface area contributed by atoms with Crippen LogP contribution in [0.2, 0.25) is 0 Å². The summed E-state index contributed by atoms with van der Waals surface area (Å²) in [5, 5.41) is 22.3. The summed E-state index contributed by atoms with van der Waals surface area (Å²) in [6, 6.07) is 0. The first-order valence-electron chi connectivity index (χ1n) is 8.51. The van der Waals surface area contributed by atoms with E-state index in [4.69, 9.17) is 21.4 Å². The standard InChI is InChI=1S/C17H24N2O9/c1-2-3-6-13(21)18-10-5-4-7-14(27-11-20)19-17(26)28-12(16(24)25)8-9-15(22)23/h1,11-12,14H,3-10H2,(H,18,21)(H,19,26)(H,22,23)(H,24,25)/t12-,14+/m0/s1. The molecule has 0 saturated heterocycles. The fraction of sp³-hybridized carbons (Fsp3) is 0.588. The monoisotopic (exact) mass is 400 g/mol. The molecule has 0 fully saturated rings. The third-order valence-corrected chi connectivity index (χ3v) is 3.36. The van der Waals surface area contributed by atoms with E-state index in [1.54, 1.807) is 0 Å². The molecule has 156 valence electrons. The van der Waals surface area contributed by atoms with Crippen LogP contribution in [-0.4, -0.2) is 59.5 Å². The van der Waals surface area contributed by atoms with Crippen LogP contribution in [0.4, 0.5) is 4.79 Å². The molecule has 11 heteroatoms. The minimum atomic E-state index is -1.65. The molecule has 0 aliphatic rings. The van der Waals surface area contributed by atoms with Crippen molar-refractivity contribution in [2.45, 2.75) is 57.3 Å². The third kappa shape index (κ3) is 13.0. The number of carboxylic acids is 2. The molecule has 0 aliphatic carbocycles. The molecule has 0 aromatic heterocycles. The van der Waals surface area contributed by atoms with Gasteiger partial charge < -0.3 is 25.0 Å². The summed E-state index contributed by atoms with van der Waals surface area (Å²) in [6.07, 6.45) is 2.06. The molecule has 0 aromatic rings. The lowest BCUT2D eigenvalue weighted by Gasteiger charge is -2.19. The van der Waals surface area contributed by atoms with Crippen molar-refractivity contribution < 1.29 is 43.7 Å². The van der Waals surface area contributed by atoms with Gasteiger partial charge in [-0.05, 0) is 12.8 Å². The van der Waals surface area contributed by atoms with E-state index in [0.717, 1.165) is 0 Å². The van der Waals surface area contributed by atoms with E-state index in [-0.39, 0.29) is 25.2 Å². The molecule has 0 heterocycles. The Labute approximate surface area is 161 Å². The second kappa shape index (κ2) is 14.8. The van der Waals surface area contributed by atoms with Crippen molar-refractivity contribution in [1.82, 2.24) is 10.6 Å². The van der Waals surface area contributed by atoms with Crippen LogP contribution in [0.5, 0.6) is 0 Å². The zero-order chi connectivity index (χ0) is 21.4. The van der Waals surface area contributed by atoms with Gasteiger partial charge in [0.25, 0.3) is 6.47 Å². The van der Waals surface area contributed by atoms with Crippen molar-refractivity contribution in [3.8, 4) is 12.3 Å². The fourth-order valence-corrected chi connectivity index (χ4v) is 1.98. The lowest BCUT2D eigenvalue weighted by molar-refractivity contribution is -0.149. The maximum atomic E-state index is 11.8. The maximum absolute atomic E-state index is 11.8. The number of ether oxygens (including phenoxy) is 2. The predicted octanol–water partition coefficient (Wildman–Crippen LogP) is 0.230.